The zero-order valence-corrected chi connectivity index (χ0v) is 17.1. The van der Waals surface area contributed by atoms with Crippen molar-refractivity contribution in [3.05, 3.63) is 64.8 Å². The predicted octanol–water partition coefficient (Wildman–Crippen LogP) is 2.13. The molecule has 0 unspecified atom stereocenters. The van der Waals surface area contributed by atoms with Crippen molar-refractivity contribution >= 4 is 11.6 Å². The molecule has 0 radical (unpaired) electrons. The molecule has 1 aliphatic heterocycles. The highest BCUT2D eigenvalue weighted by Gasteiger charge is 2.18. The number of anilines is 1. The van der Waals surface area contributed by atoms with E-state index in [2.05, 4.69) is 20.0 Å². The molecule has 158 valence electrons. The molecule has 31 heavy (non-hydrogen) atoms. The van der Waals surface area contributed by atoms with Crippen molar-refractivity contribution in [3.63, 3.8) is 0 Å². The second-order valence-corrected chi connectivity index (χ2v) is 7.27. The van der Waals surface area contributed by atoms with E-state index in [1.54, 1.807) is 19.5 Å². The number of H-pyrrole nitrogens is 1. The second kappa shape index (κ2) is 8.29. The van der Waals surface area contributed by atoms with Gasteiger partial charge in [-0.15, -0.1) is 0 Å². The summed E-state index contributed by atoms with van der Waals surface area (Å²) in [6, 6.07) is 11.3. The average molecular weight is 418 g/mol. The highest BCUT2D eigenvalue weighted by Crippen LogP contribution is 2.28. The number of benzene rings is 1. The first-order valence-corrected chi connectivity index (χ1v) is 10.1. The topological polar surface area (TPSA) is 97.6 Å². The summed E-state index contributed by atoms with van der Waals surface area (Å²) >= 11 is 0. The summed E-state index contributed by atoms with van der Waals surface area (Å²) in [4.78, 5) is 28.7. The van der Waals surface area contributed by atoms with E-state index in [0.29, 0.717) is 42.7 Å². The van der Waals surface area contributed by atoms with Crippen LogP contribution in [0.4, 0.5) is 5.95 Å². The Bertz CT molecular complexity index is 1240. The Kier molecular flexibility index (Phi) is 5.19. The van der Waals surface area contributed by atoms with Crippen LogP contribution >= 0.6 is 0 Å². The van der Waals surface area contributed by atoms with Gasteiger partial charge in [-0.2, -0.15) is 0 Å². The Morgan fingerprint density at radius 2 is 1.84 bits per heavy atom. The minimum absolute atomic E-state index is 0.211. The van der Waals surface area contributed by atoms with E-state index in [1.165, 1.54) is 10.6 Å². The molecule has 1 fully saturated rings. The molecule has 0 saturated carbocycles. The number of aromatic amines is 1. The molecule has 1 aliphatic rings. The molecular weight excluding hydrogens is 396 g/mol. The first kappa shape index (κ1) is 19.4. The number of nitrogens with one attached hydrogen (secondary N) is 1. The van der Waals surface area contributed by atoms with Gasteiger partial charge in [0.2, 0.25) is 5.95 Å². The number of rotatable bonds is 5. The second-order valence-electron chi connectivity index (χ2n) is 7.27. The monoisotopic (exact) mass is 418 g/mol. The molecule has 1 aromatic carbocycles. The van der Waals surface area contributed by atoms with E-state index in [0.717, 1.165) is 29.9 Å². The van der Waals surface area contributed by atoms with Crippen LogP contribution in [-0.4, -0.2) is 58.0 Å². The fourth-order valence-electron chi connectivity index (χ4n) is 3.77. The van der Waals surface area contributed by atoms with Gasteiger partial charge in [0.25, 0.3) is 5.56 Å². The quantitative estimate of drug-likeness (QED) is 0.530. The Morgan fingerprint density at radius 3 is 2.55 bits per heavy atom. The van der Waals surface area contributed by atoms with E-state index in [1.807, 2.05) is 30.3 Å². The molecule has 9 nitrogen and oxygen atoms in total. The van der Waals surface area contributed by atoms with Crippen LogP contribution in [0.2, 0.25) is 0 Å². The molecule has 0 aliphatic carbocycles. The smallest absolute Gasteiger partial charge is 0.273 e. The third-order valence-electron chi connectivity index (χ3n) is 5.27. The molecule has 4 heterocycles. The standard InChI is InChI=1S/C22H22N6O3/c1-30-14-18-20(15-5-3-2-4-6-15)21-25-17(11-19(29)28(21)26-18)16-12-23-22(24-13-16)27-7-9-31-10-8-27/h2-6,11-13,26H,7-10,14H2,1H3. The summed E-state index contributed by atoms with van der Waals surface area (Å²) in [5.74, 6) is 0.652. The summed E-state index contributed by atoms with van der Waals surface area (Å²) in [7, 11) is 1.62. The zero-order chi connectivity index (χ0) is 21.2. The van der Waals surface area contributed by atoms with Gasteiger partial charge in [-0.3, -0.25) is 9.89 Å². The number of fused-ring (bicyclic) bond motifs is 1. The van der Waals surface area contributed by atoms with Crippen molar-refractivity contribution in [1.29, 1.82) is 0 Å². The summed E-state index contributed by atoms with van der Waals surface area (Å²) in [6.07, 6.45) is 3.42. The first-order chi connectivity index (χ1) is 15.2. The molecule has 1 N–H and O–H groups in total. The van der Waals surface area contributed by atoms with Gasteiger partial charge in [-0.05, 0) is 5.56 Å². The molecular formula is C22H22N6O3. The van der Waals surface area contributed by atoms with Gasteiger partial charge in [0.1, 0.15) is 0 Å². The number of aromatic nitrogens is 5. The van der Waals surface area contributed by atoms with Crippen LogP contribution in [-0.2, 0) is 16.1 Å². The highest BCUT2D eigenvalue weighted by atomic mass is 16.5. The molecule has 0 atom stereocenters. The van der Waals surface area contributed by atoms with E-state index < -0.39 is 0 Å². The Balaban J connectivity index is 1.59. The zero-order valence-electron chi connectivity index (χ0n) is 17.1. The number of nitrogens with zero attached hydrogens (tertiary/aromatic N) is 5. The van der Waals surface area contributed by atoms with Crippen LogP contribution in [0, 0.1) is 0 Å². The van der Waals surface area contributed by atoms with Gasteiger partial charge < -0.3 is 14.4 Å². The van der Waals surface area contributed by atoms with Gasteiger partial charge >= 0.3 is 0 Å². The molecule has 0 spiro atoms. The highest BCUT2D eigenvalue weighted by molar-refractivity contribution is 5.81. The average Bonchev–Trinajstić information content (AvgIpc) is 3.19. The lowest BCUT2D eigenvalue weighted by Crippen LogP contribution is -2.37. The van der Waals surface area contributed by atoms with Gasteiger partial charge in [0.15, 0.2) is 5.65 Å². The van der Waals surface area contributed by atoms with Crippen LogP contribution in [0.1, 0.15) is 5.69 Å². The van der Waals surface area contributed by atoms with Gasteiger partial charge in [0.05, 0.1) is 31.2 Å². The number of hydrogen-bond donors (Lipinski definition) is 1. The Morgan fingerprint density at radius 1 is 1.10 bits per heavy atom. The first-order valence-electron chi connectivity index (χ1n) is 10.1. The van der Waals surface area contributed by atoms with Crippen LogP contribution in [0.5, 0.6) is 0 Å². The van der Waals surface area contributed by atoms with Gasteiger partial charge in [-0.25, -0.2) is 19.5 Å². The van der Waals surface area contributed by atoms with Crippen molar-refractivity contribution in [2.24, 2.45) is 0 Å². The lowest BCUT2D eigenvalue weighted by Gasteiger charge is -2.26. The van der Waals surface area contributed by atoms with Crippen LogP contribution < -0.4 is 10.5 Å². The molecule has 1 saturated heterocycles. The largest absolute Gasteiger partial charge is 0.378 e. The Hall–Kier alpha value is -3.56. The molecule has 5 rings (SSSR count). The van der Waals surface area contributed by atoms with Crippen molar-refractivity contribution in [2.45, 2.75) is 6.61 Å². The van der Waals surface area contributed by atoms with E-state index in [-0.39, 0.29) is 5.56 Å². The minimum atomic E-state index is -0.211. The summed E-state index contributed by atoms with van der Waals surface area (Å²) < 4.78 is 12.2. The van der Waals surface area contributed by atoms with Crippen LogP contribution in [0.15, 0.2) is 53.6 Å². The van der Waals surface area contributed by atoms with Gasteiger partial charge in [0, 0.05) is 49.8 Å². The molecule has 3 aromatic heterocycles. The van der Waals surface area contributed by atoms with E-state index in [9.17, 15) is 4.79 Å². The Labute approximate surface area is 178 Å². The fraction of sp³-hybridized carbons (Fsp3) is 0.273. The van der Waals surface area contributed by atoms with Crippen molar-refractivity contribution < 1.29 is 9.47 Å². The number of ether oxygens (including phenoxy) is 2. The lowest BCUT2D eigenvalue weighted by molar-refractivity contribution is 0.122. The number of hydrogen-bond acceptors (Lipinski definition) is 7. The molecule has 9 heteroatoms. The van der Waals surface area contributed by atoms with E-state index in [4.69, 9.17) is 14.5 Å². The molecule has 4 aromatic rings. The maximum Gasteiger partial charge on any atom is 0.273 e. The maximum absolute atomic E-state index is 12.9. The van der Waals surface area contributed by atoms with Crippen LogP contribution in [0.3, 0.4) is 0 Å². The third-order valence-corrected chi connectivity index (χ3v) is 5.27. The maximum atomic E-state index is 12.9. The number of morpholine rings is 1. The van der Waals surface area contributed by atoms with Crippen molar-refractivity contribution in [1.82, 2.24) is 24.6 Å². The third kappa shape index (κ3) is 3.69. The lowest BCUT2D eigenvalue weighted by atomic mass is 10.1. The van der Waals surface area contributed by atoms with Gasteiger partial charge in [-0.1, -0.05) is 30.3 Å². The molecule has 0 bridgehead atoms. The van der Waals surface area contributed by atoms with Crippen molar-refractivity contribution in [3.8, 4) is 22.4 Å². The summed E-state index contributed by atoms with van der Waals surface area (Å²) in [6.45, 7) is 3.19. The predicted molar refractivity (Wildman–Crippen MR) is 116 cm³/mol. The normalized spacial score (nSPS) is 14.3. The molecule has 0 amide bonds. The number of methoxy groups -OCH3 is 1. The van der Waals surface area contributed by atoms with Crippen LogP contribution in [0.25, 0.3) is 28.0 Å². The fourth-order valence-corrected chi connectivity index (χ4v) is 3.77. The summed E-state index contributed by atoms with van der Waals surface area (Å²) in [5.41, 5.74) is 4.12. The minimum Gasteiger partial charge on any atom is -0.378 e. The van der Waals surface area contributed by atoms with E-state index >= 15 is 0 Å². The SMILES string of the molecule is COCc1[nH]n2c(=O)cc(-c3cnc(N4CCOCC4)nc3)nc2c1-c1ccccc1. The van der Waals surface area contributed by atoms with Crippen molar-refractivity contribution in [2.75, 3.05) is 38.3 Å². The summed E-state index contributed by atoms with van der Waals surface area (Å²) in [5, 5.41) is 3.13.